The Bertz CT molecular complexity index is 591. The van der Waals surface area contributed by atoms with E-state index in [1.807, 2.05) is 13.0 Å². The maximum Gasteiger partial charge on any atom is 0.115 e. The van der Waals surface area contributed by atoms with Crippen LogP contribution < -0.4 is 0 Å². The first kappa shape index (κ1) is 9.30. The lowest BCUT2D eigenvalue weighted by Crippen LogP contribution is -1.75. The Labute approximate surface area is 87.7 Å². The Balaban J connectivity index is 2.58. The number of aromatic amines is 1. The predicted molar refractivity (Wildman–Crippen MR) is 58.0 cm³/mol. The average molecular weight is 195 g/mol. The number of benzene rings is 1. The van der Waals surface area contributed by atoms with Crippen molar-refractivity contribution in [2.24, 2.45) is 0 Å². The molecule has 3 nitrogen and oxygen atoms in total. The molecule has 0 saturated heterocycles. The van der Waals surface area contributed by atoms with Gasteiger partial charge in [0.2, 0.25) is 0 Å². The van der Waals surface area contributed by atoms with Gasteiger partial charge in [0.15, 0.2) is 0 Å². The lowest BCUT2D eigenvalue weighted by Gasteiger charge is -1.88. The van der Waals surface area contributed by atoms with E-state index in [2.05, 4.69) is 28.1 Å². The van der Waals surface area contributed by atoms with Crippen LogP contribution in [0.25, 0.3) is 10.9 Å². The zero-order valence-corrected chi connectivity index (χ0v) is 8.33. The van der Waals surface area contributed by atoms with Crippen molar-refractivity contribution >= 4 is 10.9 Å². The van der Waals surface area contributed by atoms with Gasteiger partial charge in [-0.3, -0.25) is 5.10 Å². The van der Waals surface area contributed by atoms with Gasteiger partial charge in [-0.1, -0.05) is 12.8 Å². The second-order valence-corrected chi connectivity index (χ2v) is 3.10. The van der Waals surface area contributed by atoms with Crippen molar-refractivity contribution in [3.8, 4) is 17.9 Å². The van der Waals surface area contributed by atoms with Gasteiger partial charge in [-0.2, -0.15) is 10.4 Å². The minimum absolute atomic E-state index is 0.615. The highest BCUT2D eigenvalue weighted by Gasteiger charge is 2.03. The van der Waals surface area contributed by atoms with Gasteiger partial charge in [-0.05, 0) is 24.1 Å². The lowest BCUT2D eigenvalue weighted by atomic mass is 10.1. The SMILES string of the molecule is CCC#Cc1[nH]nc2cc(C#N)ccc12. The normalized spacial score (nSPS) is 9.33. The molecule has 72 valence electrons. The number of hydrogen-bond donors (Lipinski definition) is 1. The number of H-pyrrole nitrogens is 1. The third kappa shape index (κ3) is 1.68. The highest BCUT2D eigenvalue weighted by molar-refractivity contribution is 5.85. The highest BCUT2D eigenvalue weighted by atomic mass is 15.1. The zero-order chi connectivity index (χ0) is 10.7. The van der Waals surface area contributed by atoms with Crippen LogP contribution in [0.4, 0.5) is 0 Å². The highest BCUT2D eigenvalue weighted by Crippen LogP contribution is 2.16. The van der Waals surface area contributed by atoms with E-state index in [4.69, 9.17) is 5.26 Å². The average Bonchev–Trinajstić information content (AvgIpc) is 2.68. The van der Waals surface area contributed by atoms with E-state index in [0.717, 1.165) is 23.0 Å². The standard InChI is InChI=1S/C12H9N3/c1-2-3-4-11-10-6-5-9(8-13)7-12(10)15-14-11/h5-7H,2H2,1H3,(H,14,15). The summed E-state index contributed by atoms with van der Waals surface area (Å²) in [5.74, 6) is 5.99. The van der Waals surface area contributed by atoms with Gasteiger partial charge in [0.1, 0.15) is 5.69 Å². The van der Waals surface area contributed by atoms with Crippen LogP contribution in [-0.4, -0.2) is 10.2 Å². The lowest BCUT2D eigenvalue weighted by molar-refractivity contribution is 1.10. The predicted octanol–water partition coefficient (Wildman–Crippen LogP) is 2.20. The molecule has 0 aliphatic heterocycles. The van der Waals surface area contributed by atoms with Gasteiger partial charge >= 0.3 is 0 Å². The van der Waals surface area contributed by atoms with Crippen molar-refractivity contribution in [1.82, 2.24) is 10.2 Å². The quantitative estimate of drug-likeness (QED) is 0.655. The van der Waals surface area contributed by atoms with Crippen LogP contribution in [0.1, 0.15) is 24.6 Å². The summed E-state index contributed by atoms with van der Waals surface area (Å²) in [4.78, 5) is 0. The molecule has 0 aliphatic rings. The number of nitriles is 1. The molecule has 0 bridgehead atoms. The largest absolute Gasteiger partial charge is 0.269 e. The fourth-order valence-electron chi connectivity index (χ4n) is 1.35. The molecule has 0 fully saturated rings. The molecule has 0 saturated carbocycles. The van der Waals surface area contributed by atoms with Gasteiger partial charge in [0.05, 0.1) is 17.1 Å². The number of aromatic nitrogens is 2. The van der Waals surface area contributed by atoms with Crippen molar-refractivity contribution in [2.45, 2.75) is 13.3 Å². The van der Waals surface area contributed by atoms with Gasteiger partial charge < -0.3 is 0 Å². The Hall–Kier alpha value is -2.26. The molecule has 0 radical (unpaired) electrons. The van der Waals surface area contributed by atoms with Crippen LogP contribution >= 0.6 is 0 Å². The van der Waals surface area contributed by atoms with Crippen molar-refractivity contribution < 1.29 is 0 Å². The van der Waals surface area contributed by atoms with Crippen LogP contribution in [0.5, 0.6) is 0 Å². The molecular weight excluding hydrogens is 186 g/mol. The molecule has 1 heterocycles. The van der Waals surface area contributed by atoms with Gasteiger partial charge in [0, 0.05) is 11.8 Å². The van der Waals surface area contributed by atoms with E-state index >= 15 is 0 Å². The second kappa shape index (κ2) is 3.86. The van der Waals surface area contributed by atoms with E-state index in [0.29, 0.717) is 5.56 Å². The molecule has 1 aromatic carbocycles. The van der Waals surface area contributed by atoms with Gasteiger partial charge in [0.25, 0.3) is 0 Å². The number of fused-ring (bicyclic) bond motifs is 1. The molecule has 0 spiro atoms. The van der Waals surface area contributed by atoms with Crippen LogP contribution in [0.3, 0.4) is 0 Å². The Morgan fingerprint density at radius 2 is 2.33 bits per heavy atom. The zero-order valence-electron chi connectivity index (χ0n) is 8.33. The summed E-state index contributed by atoms with van der Waals surface area (Å²) < 4.78 is 0. The first-order valence-corrected chi connectivity index (χ1v) is 4.72. The van der Waals surface area contributed by atoms with E-state index in [1.54, 1.807) is 12.1 Å². The third-order valence-electron chi connectivity index (χ3n) is 2.07. The number of nitrogens with zero attached hydrogens (tertiary/aromatic N) is 2. The summed E-state index contributed by atoms with van der Waals surface area (Å²) in [6.07, 6.45) is 0.816. The summed E-state index contributed by atoms with van der Waals surface area (Å²) in [6.45, 7) is 2.00. The van der Waals surface area contributed by atoms with E-state index in [1.165, 1.54) is 0 Å². The molecule has 3 heteroatoms. The van der Waals surface area contributed by atoms with Crippen molar-refractivity contribution in [3.05, 3.63) is 29.5 Å². The van der Waals surface area contributed by atoms with Gasteiger partial charge in [-0.25, -0.2) is 0 Å². The maximum absolute atomic E-state index is 8.73. The molecule has 2 aromatic rings. The third-order valence-corrected chi connectivity index (χ3v) is 2.07. The number of hydrogen-bond acceptors (Lipinski definition) is 2. The van der Waals surface area contributed by atoms with E-state index in [-0.39, 0.29) is 0 Å². The van der Waals surface area contributed by atoms with Gasteiger partial charge in [-0.15, -0.1) is 0 Å². The molecule has 0 aliphatic carbocycles. The molecule has 2 rings (SSSR count). The summed E-state index contributed by atoms with van der Waals surface area (Å²) >= 11 is 0. The smallest absolute Gasteiger partial charge is 0.115 e. The Kier molecular flexibility index (Phi) is 2.39. The minimum Gasteiger partial charge on any atom is -0.269 e. The molecule has 1 aromatic heterocycles. The monoisotopic (exact) mass is 195 g/mol. The molecule has 0 atom stereocenters. The summed E-state index contributed by atoms with van der Waals surface area (Å²) in [7, 11) is 0. The Morgan fingerprint density at radius 3 is 3.07 bits per heavy atom. The minimum atomic E-state index is 0.615. The first-order chi connectivity index (χ1) is 7.35. The number of nitrogens with one attached hydrogen (secondary N) is 1. The first-order valence-electron chi connectivity index (χ1n) is 4.72. The fourth-order valence-corrected chi connectivity index (χ4v) is 1.35. The molecule has 0 unspecified atom stereocenters. The van der Waals surface area contributed by atoms with E-state index < -0.39 is 0 Å². The van der Waals surface area contributed by atoms with Crippen molar-refractivity contribution in [3.63, 3.8) is 0 Å². The van der Waals surface area contributed by atoms with E-state index in [9.17, 15) is 0 Å². The Morgan fingerprint density at radius 1 is 1.47 bits per heavy atom. The number of rotatable bonds is 0. The van der Waals surface area contributed by atoms with Crippen molar-refractivity contribution in [1.29, 1.82) is 5.26 Å². The van der Waals surface area contributed by atoms with Crippen LogP contribution in [0.2, 0.25) is 0 Å². The molecule has 1 N–H and O–H groups in total. The molecule has 0 amide bonds. The second-order valence-electron chi connectivity index (χ2n) is 3.10. The molecule has 15 heavy (non-hydrogen) atoms. The topological polar surface area (TPSA) is 52.5 Å². The fraction of sp³-hybridized carbons (Fsp3) is 0.167. The summed E-state index contributed by atoms with van der Waals surface area (Å²) in [5, 5.41) is 16.7. The van der Waals surface area contributed by atoms with Crippen LogP contribution in [0.15, 0.2) is 18.2 Å². The maximum atomic E-state index is 8.73. The summed E-state index contributed by atoms with van der Waals surface area (Å²) in [5.41, 5.74) is 2.22. The van der Waals surface area contributed by atoms with Crippen LogP contribution in [-0.2, 0) is 0 Å². The van der Waals surface area contributed by atoms with Crippen LogP contribution in [0, 0.1) is 23.2 Å². The molecular formula is C12H9N3. The van der Waals surface area contributed by atoms with Crippen molar-refractivity contribution in [2.75, 3.05) is 0 Å². The summed E-state index contributed by atoms with van der Waals surface area (Å²) in [6, 6.07) is 7.48.